The molecule has 0 unspecified atom stereocenters. The maximum absolute atomic E-state index is 14.5. The summed E-state index contributed by atoms with van der Waals surface area (Å²) < 4.78 is 14.5. The van der Waals surface area contributed by atoms with Crippen LogP contribution in [0.1, 0.15) is 23.1 Å². The Morgan fingerprint density at radius 3 is 2.68 bits per heavy atom. The lowest BCUT2D eigenvalue weighted by molar-refractivity contribution is -0.136. The van der Waals surface area contributed by atoms with Crippen molar-refractivity contribution < 1.29 is 14.3 Å². The molecule has 0 aliphatic carbocycles. The minimum Gasteiger partial charge on any atom is -0.481 e. The number of carbonyl (C=O) groups is 1. The lowest BCUT2D eigenvalue weighted by atomic mass is 10.1. The van der Waals surface area contributed by atoms with E-state index >= 15 is 0 Å². The van der Waals surface area contributed by atoms with Gasteiger partial charge in [0.05, 0.1) is 27.6 Å². The monoisotopic (exact) mass is 417 g/mol. The first kappa shape index (κ1) is 20.3. The van der Waals surface area contributed by atoms with E-state index in [4.69, 9.17) is 5.11 Å². The number of hydrogen-bond donors (Lipinski definition) is 2. The van der Waals surface area contributed by atoms with Crippen LogP contribution in [0, 0.1) is 12.7 Å². The first-order valence-electron chi connectivity index (χ1n) is 8.70. The molecule has 1 aromatic carbocycles. The minimum atomic E-state index is -0.997. The number of thiophene rings is 1. The number of rotatable bonds is 7. The van der Waals surface area contributed by atoms with Gasteiger partial charge in [-0.1, -0.05) is 13.0 Å². The summed E-state index contributed by atoms with van der Waals surface area (Å²) in [5.74, 6) is -0.381. The van der Waals surface area contributed by atoms with Gasteiger partial charge in [-0.15, -0.1) is 23.1 Å². The van der Waals surface area contributed by atoms with E-state index in [0.717, 1.165) is 21.9 Å². The van der Waals surface area contributed by atoms with Crippen LogP contribution in [0.5, 0.6) is 0 Å². The van der Waals surface area contributed by atoms with Gasteiger partial charge in [-0.25, -0.2) is 14.4 Å². The van der Waals surface area contributed by atoms with Gasteiger partial charge in [-0.3, -0.25) is 4.79 Å². The van der Waals surface area contributed by atoms with Gasteiger partial charge in [0, 0.05) is 4.88 Å². The van der Waals surface area contributed by atoms with Crippen molar-refractivity contribution in [3.63, 3.8) is 0 Å². The minimum absolute atomic E-state index is 0.220. The summed E-state index contributed by atoms with van der Waals surface area (Å²) in [6.45, 7) is 4.01. The smallest absolute Gasteiger partial charge is 0.307 e. The fourth-order valence-electron chi connectivity index (χ4n) is 2.76. The van der Waals surface area contributed by atoms with Crippen molar-refractivity contribution >= 4 is 40.6 Å². The molecular formula is C20H20FN3O2S2. The number of nitrogens with zero attached hydrogens (tertiary/aromatic N) is 2. The highest BCUT2D eigenvalue weighted by atomic mass is 32.2. The highest BCUT2D eigenvalue weighted by Gasteiger charge is 2.16. The zero-order valence-corrected chi connectivity index (χ0v) is 17.4. The third-order valence-electron chi connectivity index (χ3n) is 4.11. The SMILES string of the molecule is CCc1ccc(-c2nc(C)c(SC)c(Nc3ccc(CC(=O)O)cc3F)n2)s1. The van der Waals surface area contributed by atoms with E-state index in [1.807, 2.05) is 19.2 Å². The van der Waals surface area contributed by atoms with Crippen LogP contribution in [0.4, 0.5) is 15.9 Å². The number of benzene rings is 1. The van der Waals surface area contributed by atoms with Gasteiger partial charge >= 0.3 is 5.97 Å². The predicted molar refractivity (Wildman–Crippen MR) is 112 cm³/mol. The van der Waals surface area contributed by atoms with E-state index in [1.165, 1.54) is 28.8 Å². The summed E-state index contributed by atoms with van der Waals surface area (Å²) in [6.07, 6.45) is 2.65. The number of aromatic nitrogens is 2. The summed E-state index contributed by atoms with van der Waals surface area (Å²) in [5.41, 5.74) is 1.47. The van der Waals surface area contributed by atoms with Gasteiger partial charge < -0.3 is 10.4 Å². The Labute approximate surface area is 171 Å². The zero-order chi connectivity index (χ0) is 20.3. The van der Waals surface area contributed by atoms with Gasteiger partial charge in [-0.05, 0) is 49.4 Å². The average Bonchev–Trinajstić information content (AvgIpc) is 3.12. The molecule has 146 valence electrons. The van der Waals surface area contributed by atoms with Crippen LogP contribution in [-0.4, -0.2) is 27.3 Å². The lowest BCUT2D eigenvalue weighted by Crippen LogP contribution is -2.05. The number of aliphatic carboxylic acids is 1. The van der Waals surface area contributed by atoms with Crippen molar-refractivity contribution in [2.45, 2.75) is 31.6 Å². The second kappa shape index (κ2) is 8.70. The van der Waals surface area contributed by atoms with Crippen molar-refractivity contribution in [1.29, 1.82) is 0 Å². The van der Waals surface area contributed by atoms with Crippen LogP contribution in [0.3, 0.4) is 0 Å². The first-order valence-corrected chi connectivity index (χ1v) is 10.7. The summed E-state index contributed by atoms with van der Waals surface area (Å²) in [7, 11) is 0. The molecule has 0 spiro atoms. The summed E-state index contributed by atoms with van der Waals surface area (Å²) in [6, 6.07) is 8.43. The van der Waals surface area contributed by atoms with Crippen molar-refractivity contribution in [2.24, 2.45) is 0 Å². The van der Waals surface area contributed by atoms with Crippen molar-refractivity contribution in [2.75, 3.05) is 11.6 Å². The van der Waals surface area contributed by atoms with Crippen LogP contribution in [0.2, 0.25) is 0 Å². The van der Waals surface area contributed by atoms with E-state index in [2.05, 4.69) is 28.3 Å². The number of nitrogens with one attached hydrogen (secondary N) is 1. The molecule has 3 rings (SSSR count). The van der Waals surface area contributed by atoms with Gasteiger partial charge in [0.2, 0.25) is 0 Å². The van der Waals surface area contributed by atoms with Gasteiger partial charge in [-0.2, -0.15) is 0 Å². The molecule has 0 radical (unpaired) electrons. The molecule has 0 aliphatic rings. The average molecular weight is 418 g/mol. The van der Waals surface area contributed by atoms with E-state index in [0.29, 0.717) is 17.2 Å². The molecule has 0 fully saturated rings. The normalized spacial score (nSPS) is 10.9. The molecule has 0 aliphatic heterocycles. The topological polar surface area (TPSA) is 75.1 Å². The van der Waals surface area contributed by atoms with Crippen molar-refractivity contribution in [1.82, 2.24) is 9.97 Å². The van der Waals surface area contributed by atoms with Crippen LogP contribution in [0.25, 0.3) is 10.7 Å². The maximum Gasteiger partial charge on any atom is 0.307 e. The molecule has 0 atom stereocenters. The third-order valence-corrected chi connectivity index (χ3v) is 6.23. The quantitative estimate of drug-likeness (QED) is 0.508. The van der Waals surface area contributed by atoms with Gasteiger partial charge in [0.15, 0.2) is 5.82 Å². The molecule has 2 aromatic heterocycles. The second-order valence-corrected chi connectivity index (χ2v) is 8.13. The first-order chi connectivity index (χ1) is 13.4. The number of hydrogen-bond acceptors (Lipinski definition) is 6. The van der Waals surface area contributed by atoms with E-state index in [9.17, 15) is 9.18 Å². The molecule has 2 heterocycles. The molecule has 5 nitrogen and oxygen atoms in total. The highest BCUT2D eigenvalue weighted by Crippen LogP contribution is 2.34. The van der Waals surface area contributed by atoms with Crippen LogP contribution in [0.15, 0.2) is 35.2 Å². The number of halogens is 1. The molecule has 28 heavy (non-hydrogen) atoms. The second-order valence-electron chi connectivity index (χ2n) is 6.14. The lowest BCUT2D eigenvalue weighted by Gasteiger charge is -2.14. The Morgan fingerprint density at radius 1 is 1.29 bits per heavy atom. The third kappa shape index (κ3) is 4.51. The Hall–Kier alpha value is -2.45. The number of anilines is 2. The molecule has 0 saturated heterocycles. The largest absolute Gasteiger partial charge is 0.481 e. The Morgan fingerprint density at radius 2 is 2.07 bits per heavy atom. The molecule has 8 heteroatoms. The van der Waals surface area contributed by atoms with Crippen LogP contribution >= 0.6 is 23.1 Å². The summed E-state index contributed by atoms with van der Waals surface area (Å²) in [4.78, 5) is 23.1. The highest BCUT2D eigenvalue weighted by molar-refractivity contribution is 7.98. The maximum atomic E-state index is 14.5. The molecule has 0 bridgehead atoms. The van der Waals surface area contributed by atoms with E-state index in [1.54, 1.807) is 17.4 Å². The number of aryl methyl sites for hydroxylation is 2. The number of thioether (sulfide) groups is 1. The summed E-state index contributed by atoms with van der Waals surface area (Å²) >= 11 is 3.13. The Kier molecular flexibility index (Phi) is 6.31. The van der Waals surface area contributed by atoms with Crippen molar-refractivity contribution in [3.8, 4) is 10.7 Å². The fraction of sp³-hybridized carbons (Fsp3) is 0.250. The Balaban J connectivity index is 1.97. The predicted octanol–water partition coefficient (Wildman–Crippen LogP) is 5.31. The fourth-order valence-corrected chi connectivity index (χ4v) is 4.27. The van der Waals surface area contributed by atoms with Crippen molar-refractivity contribution in [3.05, 3.63) is 52.3 Å². The number of carboxylic acid groups (broad SMARTS) is 1. The summed E-state index contributed by atoms with van der Waals surface area (Å²) in [5, 5.41) is 11.9. The molecule has 0 saturated carbocycles. The molecule has 0 amide bonds. The standard InChI is InChI=1S/C20H20FN3O2S2/c1-4-13-6-8-16(28-13)19-22-11(2)18(27-3)20(24-19)23-15-7-5-12(9-14(15)21)10-17(25)26/h5-9H,4,10H2,1-3H3,(H,25,26)(H,22,23,24). The van der Waals surface area contributed by atoms with E-state index < -0.39 is 11.8 Å². The number of carboxylic acids is 1. The Bertz CT molecular complexity index is 1020. The van der Waals surface area contributed by atoms with Crippen LogP contribution in [-0.2, 0) is 17.6 Å². The van der Waals surface area contributed by atoms with E-state index in [-0.39, 0.29) is 12.1 Å². The van der Waals surface area contributed by atoms with Gasteiger partial charge in [0.25, 0.3) is 0 Å². The molecule has 3 aromatic rings. The zero-order valence-electron chi connectivity index (χ0n) is 15.7. The molecular weight excluding hydrogens is 397 g/mol. The molecule has 2 N–H and O–H groups in total. The van der Waals surface area contributed by atoms with Gasteiger partial charge in [0.1, 0.15) is 11.6 Å². The van der Waals surface area contributed by atoms with Crippen LogP contribution < -0.4 is 5.32 Å².